The molecule has 4 heteroatoms. The van der Waals surface area contributed by atoms with Crippen LogP contribution in [-0.2, 0) is 0 Å². The summed E-state index contributed by atoms with van der Waals surface area (Å²) >= 11 is 0. The van der Waals surface area contributed by atoms with Gasteiger partial charge in [0.1, 0.15) is 5.82 Å². The van der Waals surface area contributed by atoms with Crippen molar-refractivity contribution in [3.05, 3.63) is 66.0 Å². The lowest BCUT2D eigenvalue weighted by Gasteiger charge is -2.03. The molecule has 0 amide bonds. The largest absolute Gasteiger partial charge is 0.382 e. The quantitative estimate of drug-likeness (QED) is 0.483. The summed E-state index contributed by atoms with van der Waals surface area (Å²) in [5.41, 5.74) is 9.44. The number of amidine groups is 1. The Balaban J connectivity index is 2.14. The minimum Gasteiger partial charge on any atom is -0.382 e. The molecule has 0 aliphatic carbocycles. The van der Waals surface area contributed by atoms with Crippen molar-refractivity contribution in [1.29, 1.82) is 0 Å². The second-order valence-corrected chi connectivity index (χ2v) is 3.45. The summed E-state index contributed by atoms with van der Waals surface area (Å²) in [5, 5.41) is 3.93. The van der Waals surface area contributed by atoms with E-state index in [-0.39, 0.29) is 5.82 Å². The molecule has 0 spiro atoms. The van der Waals surface area contributed by atoms with E-state index in [2.05, 4.69) is 10.5 Å². The molecular formula is C13H12FN3. The van der Waals surface area contributed by atoms with Crippen LogP contribution in [0.25, 0.3) is 0 Å². The summed E-state index contributed by atoms with van der Waals surface area (Å²) in [4.78, 5) is 0. The van der Waals surface area contributed by atoms with Crippen LogP contribution in [0.1, 0.15) is 5.56 Å². The molecule has 0 saturated heterocycles. The van der Waals surface area contributed by atoms with Crippen molar-refractivity contribution >= 4 is 11.5 Å². The number of hydrazone groups is 1. The molecule has 17 heavy (non-hydrogen) atoms. The fraction of sp³-hybridized carbons (Fsp3) is 0. The molecule has 0 fully saturated rings. The van der Waals surface area contributed by atoms with Crippen molar-refractivity contribution in [2.45, 2.75) is 0 Å². The number of rotatable bonds is 3. The van der Waals surface area contributed by atoms with Gasteiger partial charge in [-0.1, -0.05) is 42.5 Å². The van der Waals surface area contributed by atoms with Crippen LogP contribution >= 0.6 is 0 Å². The second-order valence-electron chi connectivity index (χ2n) is 3.45. The molecule has 3 nitrogen and oxygen atoms in total. The maximum absolute atomic E-state index is 13.3. The standard InChI is InChI=1S/C13H12FN3/c14-11-8-4-5-9-12(11)16-17-13(15)10-6-2-1-3-7-10/h1-9,16H,(H2,15,17). The number of nitrogens with one attached hydrogen (secondary N) is 1. The maximum Gasteiger partial charge on any atom is 0.150 e. The van der Waals surface area contributed by atoms with Gasteiger partial charge in [-0.2, -0.15) is 5.10 Å². The number of benzene rings is 2. The number of nitrogens with zero attached hydrogens (tertiary/aromatic N) is 1. The molecule has 0 bridgehead atoms. The molecule has 0 radical (unpaired) electrons. The van der Waals surface area contributed by atoms with E-state index < -0.39 is 0 Å². The Morgan fingerprint density at radius 1 is 1.00 bits per heavy atom. The Labute approximate surface area is 98.8 Å². The minimum absolute atomic E-state index is 0.298. The highest BCUT2D eigenvalue weighted by atomic mass is 19.1. The van der Waals surface area contributed by atoms with E-state index >= 15 is 0 Å². The number of halogens is 1. The Morgan fingerprint density at radius 2 is 1.65 bits per heavy atom. The van der Waals surface area contributed by atoms with Gasteiger partial charge in [0.2, 0.25) is 0 Å². The number of nitrogens with two attached hydrogens (primary N) is 1. The summed E-state index contributed by atoms with van der Waals surface area (Å²) in [5.74, 6) is -0.0500. The highest BCUT2D eigenvalue weighted by molar-refractivity contribution is 5.97. The molecule has 0 heterocycles. The van der Waals surface area contributed by atoms with Gasteiger partial charge in [-0.05, 0) is 12.1 Å². The van der Waals surface area contributed by atoms with E-state index in [9.17, 15) is 4.39 Å². The van der Waals surface area contributed by atoms with Crippen LogP contribution in [-0.4, -0.2) is 5.84 Å². The smallest absolute Gasteiger partial charge is 0.150 e. The van der Waals surface area contributed by atoms with Crippen LogP contribution < -0.4 is 11.2 Å². The summed E-state index contributed by atoms with van der Waals surface area (Å²) in [6.45, 7) is 0. The van der Waals surface area contributed by atoms with Gasteiger partial charge in [0.05, 0.1) is 5.69 Å². The SMILES string of the molecule is N/C(=N\Nc1ccccc1F)c1ccccc1. The summed E-state index contributed by atoms with van der Waals surface area (Å²) in [7, 11) is 0. The first-order valence-electron chi connectivity index (χ1n) is 5.16. The normalized spacial score (nSPS) is 11.2. The van der Waals surface area contributed by atoms with Crippen molar-refractivity contribution in [3.63, 3.8) is 0 Å². The first kappa shape index (κ1) is 11.1. The van der Waals surface area contributed by atoms with Crippen molar-refractivity contribution in [2.24, 2.45) is 10.8 Å². The molecule has 0 saturated carbocycles. The molecule has 0 atom stereocenters. The molecule has 0 aliphatic heterocycles. The van der Waals surface area contributed by atoms with Gasteiger partial charge >= 0.3 is 0 Å². The fourth-order valence-electron chi connectivity index (χ4n) is 1.35. The van der Waals surface area contributed by atoms with E-state index in [0.717, 1.165) is 5.56 Å². The summed E-state index contributed by atoms with van der Waals surface area (Å²) in [6, 6.07) is 15.6. The van der Waals surface area contributed by atoms with Crippen LogP contribution in [0, 0.1) is 5.82 Å². The number of anilines is 1. The lowest BCUT2D eigenvalue weighted by atomic mass is 10.2. The van der Waals surface area contributed by atoms with Gasteiger partial charge in [-0.25, -0.2) is 4.39 Å². The van der Waals surface area contributed by atoms with Gasteiger partial charge in [-0.15, -0.1) is 0 Å². The average molecular weight is 229 g/mol. The van der Waals surface area contributed by atoms with Gasteiger partial charge in [0.25, 0.3) is 0 Å². The molecule has 3 N–H and O–H groups in total. The molecule has 86 valence electrons. The van der Waals surface area contributed by atoms with Crippen LogP contribution in [0.5, 0.6) is 0 Å². The third kappa shape index (κ3) is 2.81. The molecule has 0 unspecified atom stereocenters. The van der Waals surface area contributed by atoms with E-state index in [0.29, 0.717) is 11.5 Å². The zero-order valence-electron chi connectivity index (χ0n) is 9.10. The van der Waals surface area contributed by atoms with E-state index in [1.54, 1.807) is 18.2 Å². The average Bonchev–Trinajstić information content (AvgIpc) is 2.38. The molecule has 2 aromatic carbocycles. The molecular weight excluding hydrogens is 217 g/mol. The Bertz CT molecular complexity index is 523. The lowest BCUT2D eigenvalue weighted by Crippen LogP contribution is -2.15. The van der Waals surface area contributed by atoms with E-state index in [1.807, 2.05) is 30.3 Å². The van der Waals surface area contributed by atoms with Crippen LogP contribution in [0.3, 0.4) is 0 Å². The predicted molar refractivity (Wildman–Crippen MR) is 67.2 cm³/mol. The van der Waals surface area contributed by atoms with E-state index in [4.69, 9.17) is 5.73 Å². The molecule has 0 aromatic heterocycles. The number of hydrogen-bond acceptors (Lipinski definition) is 2. The lowest BCUT2D eigenvalue weighted by molar-refractivity contribution is 0.630. The van der Waals surface area contributed by atoms with Crippen molar-refractivity contribution < 1.29 is 4.39 Å². The van der Waals surface area contributed by atoms with E-state index in [1.165, 1.54) is 6.07 Å². The Morgan fingerprint density at radius 3 is 2.35 bits per heavy atom. The van der Waals surface area contributed by atoms with Crippen molar-refractivity contribution in [2.75, 3.05) is 5.43 Å². The van der Waals surface area contributed by atoms with Crippen molar-refractivity contribution in [1.82, 2.24) is 0 Å². The van der Waals surface area contributed by atoms with Crippen LogP contribution in [0.4, 0.5) is 10.1 Å². The number of para-hydroxylation sites is 1. The zero-order valence-corrected chi connectivity index (χ0v) is 9.10. The van der Waals surface area contributed by atoms with Crippen LogP contribution in [0.15, 0.2) is 59.7 Å². The van der Waals surface area contributed by atoms with Gasteiger partial charge in [0, 0.05) is 5.56 Å². The van der Waals surface area contributed by atoms with Gasteiger partial charge < -0.3 is 5.73 Å². The third-order valence-electron chi connectivity index (χ3n) is 2.24. The predicted octanol–water partition coefficient (Wildman–Crippen LogP) is 2.56. The van der Waals surface area contributed by atoms with Gasteiger partial charge in [-0.3, -0.25) is 5.43 Å². The minimum atomic E-state index is -0.364. The zero-order chi connectivity index (χ0) is 12.1. The fourth-order valence-corrected chi connectivity index (χ4v) is 1.35. The summed E-state index contributed by atoms with van der Waals surface area (Å²) in [6.07, 6.45) is 0. The molecule has 2 aromatic rings. The summed E-state index contributed by atoms with van der Waals surface area (Å²) < 4.78 is 13.3. The number of hydrogen-bond donors (Lipinski definition) is 2. The molecule has 0 aliphatic rings. The Hall–Kier alpha value is -2.36. The maximum atomic E-state index is 13.3. The van der Waals surface area contributed by atoms with Crippen LogP contribution in [0.2, 0.25) is 0 Å². The van der Waals surface area contributed by atoms with Crippen molar-refractivity contribution in [3.8, 4) is 0 Å². The first-order valence-corrected chi connectivity index (χ1v) is 5.16. The first-order chi connectivity index (χ1) is 8.27. The monoisotopic (exact) mass is 229 g/mol. The highest BCUT2D eigenvalue weighted by Gasteiger charge is 1.99. The third-order valence-corrected chi connectivity index (χ3v) is 2.24. The highest BCUT2D eigenvalue weighted by Crippen LogP contribution is 2.12. The van der Waals surface area contributed by atoms with Gasteiger partial charge in [0.15, 0.2) is 5.84 Å². The topological polar surface area (TPSA) is 50.4 Å². The molecule has 2 rings (SSSR count). The Kier molecular flexibility index (Phi) is 3.35. The second kappa shape index (κ2) is 5.12.